The van der Waals surface area contributed by atoms with Gasteiger partial charge >= 0.3 is 0 Å². The highest BCUT2D eigenvalue weighted by Gasteiger charge is 2.24. The Morgan fingerprint density at radius 1 is 1.07 bits per heavy atom. The fourth-order valence-electron chi connectivity index (χ4n) is 3.56. The second-order valence-electron chi connectivity index (χ2n) is 6.91. The first-order valence-electron chi connectivity index (χ1n) is 9.35. The van der Waals surface area contributed by atoms with E-state index in [0.29, 0.717) is 17.7 Å². The normalized spacial score (nSPS) is 13.0. The molecule has 0 saturated carbocycles. The highest BCUT2D eigenvalue weighted by atomic mass is 16.2. The van der Waals surface area contributed by atoms with Crippen LogP contribution in [0.1, 0.15) is 38.3 Å². The maximum Gasteiger partial charge on any atom is 0.259 e. The summed E-state index contributed by atoms with van der Waals surface area (Å²) in [4.78, 5) is 31.3. The second kappa shape index (κ2) is 7.64. The van der Waals surface area contributed by atoms with E-state index in [1.54, 1.807) is 29.4 Å². The lowest BCUT2D eigenvalue weighted by atomic mass is 10.00. The fraction of sp³-hybridized carbons (Fsp3) is 0.174. The van der Waals surface area contributed by atoms with Crippen molar-refractivity contribution in [1.29, 1.82) is 0 Å². The Morgan fingerprint density at radius 3 is 2.71 bits per heavy atom. The Balaban J connectivity index is 1.58. The first-order valence-corrected chi connectivity index (χ1v) is 9.35. The largest absolute Gasteiger partial charge is 0.322 e. The van der Waals surface area contributed by atoms with E-state index in [-0.39, 0.29) is 11.8 Å². The van der Waals surface area contributed by atoms with E-state index in [4.69, 9.17) is 0 Å². The van der Waals surface area contributed by atoms with Crippen LogP contribution in [0.15, 0.2) is 67.0 Å². The van der Waals surface area contributed by atoms with Crippen LogP contribution in [0.5, 0.6) is 0 Å². The molecule has 1 aromatic heterocycles. The second-order valence-corrected chi connectivity index (χ2v) is 6.91. The molecule has 0 fully saturated rings. The number of carbonyl (C=O) groups excluding carboxylic acids is 2. The maximum absolute atomic E-state index is 12.9. The smallest absolute Gasteiger partial charge is 0.259 e. The number of hydrogen-bond donors (Lipinski definition) is 1. The van der Waals surface area contributed by atoms with E-state index in [9.17, 15) is 9.59 Å². The van der Waals surface area contributed by atoms with E-state index >= 15 is 0 Å². The minimum Gasteiger partial charge on any atom is -0.322 e. The van der Waals surface area contributed by atoms with Crippen molar-refractivity contribution >= 4 is 23.2 Å². The molecule has 2 amide bonds. The van der Waals surface area contributed by atoms with E-state index in [1.807, 2.05) is 49.4 Å². The number of amides is 2. The van der Waals surface area contributed by atoms with Gasteiger partial charge < -0.3 is 10.2 Å². The van der Waals surface area contributed by atoms with Gasteiger partial charge in [-0.3, -0.25) is 14.6 Å². The third-order valence-electron chi connectivity index (χ3n) is 5.00. The van der Waals surface area contributed by atoms with E-state index in [2.05, 4.69) is 10.3 Å². The Kier molecular flexibility index (Phi) is 4.89. The molecule has 5 nitrogen and oxygen atoms in total. The number of fused-ring (bicyclic) bond motifs is 1. The molecule has 0 saturated heterocycles. The molecular weight excluding hydrogens is 350 g/mol. The molecule has 0 radical (unpaired) electrons. The summed E-state index contributed by atoms with van der Waals surface area (Å²) >= 11 is 0. The monoisotopic (exact) mass is 371 g/mol. The van der Waals surface area contributed by atoms with Gasteiger partial charge in [-0.25, -0.2) is 0 Å². The van der Waals surface area contributed by atoms with Crippen molar-refractivity contribution in [3.63, 3.8) is 0 Å². The first kappa shape index (κ1) is 17.9. The maximum atomic E-state index is 12.9. The predicted molar refractivity (Wildman–Crippen MR) is 110 cm³/mol. The summed E-state index contributed by atoms with van der Waals surface area (Å²) in [5.74, 6) is -0.178. The SMILES string of the molecule is Cc1ccccc1C(=O)Nc1ccc2c(c1)CCCN2C(=O)c1cccnc1. The van der Waals surface area contributed by atoms with Crippen LogP contribution in [0.25, 0.3) is 0 Å². The van der Waals surface area contributed by atoms with E-state index < -0.39 is 0 Å². The lowest BCUT2D eigenvalue weighted by molar-refractivity contribution is 0.0983. The Morgan fingerprint density at radius 2 is 1.93 bits per heavy atom. The number of carbonyl (C=O) groups is 2. The molecule has 4 rings (SSSR count). The molecule has 0 aliphatic carbocycles. The standard InChI is InChI=1S/C23H21N3O2/c1-16-6-2-3-9-20(16)22(27)25-19-10-11-21-17(14-19)8-5-13-26(21)23(28)18-7-4-12-24-15-18/h2-4,6-7,9-12,14-15H,5,8,13H2,1H3,(H,25,27). The number of aromatic nitrogens is 1. The number of nitrogens with zero attached hydrogens (tertiary/aromatic N) is 2. The highest BCUT2D eigenvalue weighted by Crippen LogP contribution is 2.31. The van der Waals surface area contributed by atoms with Crippen LogP contribution < -0.4 is 10.2 Å². The van der Waals surface area contributed by atoms with Crippen LogP contribution in [-0.4, -0.2) is 23.3 Å². The molecule has 0 unspecified atom stereocenters. The van der Waals surface area contributed by atoms with E-state index in [1.165, 1.54) is 0 Å². The lowest BCUT2D eigenvalue weighted by Gasteiger charge is -2.30. The number of pyridine rings is 1. The van der Waals surface area contributed by atoms with Gasteiger partial charge in [0.2, 0.25) is 0 Å². The van der Waals surface area contributed by atoms with Gasteiger partial charge in [0.05, 0.1) is 5.56 Å². The summed E-state index contributed by atoms with van der Waals surface area (Å²) in [5.41, 5.74) is 4.87. The van der Waals surface area contributed by atoms with Crippen LogP contribution >= 0.6 is 0 Å². The third kappa shape index (κ3) is 3.51. The third-order valence-corrected chi connectivity index (χ3v) is 5.00. The zero-order chi connectivity index (χ0) is 19.5. The minimum atomic E-state index is -0.128. The van der Waals surface area contributed by atoms with Crippen molar-refractivity contribution < 1.29 is 9.59 Å². The average molecular weight is 371 g/mol. The fourth-order valence-corrected chi connectivity index (χ4v) is 3.56. The molecule has 140 valence electrons. The van der Waals surface area contributed by atoms with E-state index in [0.717, 1.165) is 35.3 Å². The van der Waals surface area contributed by atoms with Gasteiger partial charge in [0.25, 0.3) is 11.8 Å². The van der Waals surface area contributed by atoms with Gasteiger partial charge in [-0.1, -0.05) is 18.2 Å². The molecule has 1 aliphatic heterocycles. The number of hydrogen-bond acceptors (Lipinski definition) is 3. The lowest BCUT2D eigenvalue weighted by Crippen LogP contribution is -2.35. The number of aryl methyl sites for hydroxylation is 2. The van der Waals surface area contributed by atoms with Crippen LogP contribution in [0.4, 0.5) is 11.4 Å². The van der Waals surface area contributed by atoms with Crippen molar-refractivity contribution in [2.75, 3.05) is 16.8 Å². The van der Waals surface area contributed by atoms with Gasteiger partial charge in [-0.2, -0.15) is 0 Å². The molecular formula is C23H21N3O2. The number of rotatable bonds is 3. The van der Waals surface area contributed by atoms with Crippen LogP contribution in [-0.2, 0) is 6.42 Å². The summed E-state index contributed by atoms with van der Waals surface area (Å²) in [6.45, 7) is 2.60. The number of benzene rings is 2. The first-order chi connectivity index (χ1) is 13.6. The summed E-state index contributed by atoms with van der Waals surface area (Å²) in [6.07, 6.45) is 5.01. The zero-order valence-electron chi connectivity index (χ0n) is 15.7. The minimum absolute atomic E-state index is 0.0502. The molecule has 28 heavy (non-hydrogen) atoms. The predicted octanol–water partition coefficient (Wildman–Crippen LogP) is 4.24. The molecule has 5 heteroatoms. The van der Waals surface area contributed by atoms with Crippen LogP contribution in [0.2, 0.25) is 0 Å². The molecule has 2 heterocycles. The highest BCUT2D eigenvalue weighted by molar-refractivity contribution is 6.07. The number of nitrogens with one attached hydrogen (secondary N) is 1. The van der Waals surface area contributed by atoms with Gasteiger partial charge in [0.15, 0.2) is 0 Å². The van der Waals surface area contributed by atoms with Gasteiger partial charge in [0.1, 0.15) is 0 Å². The molecule has 0 bridgehead atoms. The summed E-state index contributed by atoms with van der Waals surface area (Å²) in [5, 5.41) is 2.97. The Hall–Kier alpha value is -3.47. The summed E-state index contributed by atoms with van der Waals surface area (Å²) in [7, 11) is 0. The van der Waals surface area contributed by atoms with Crippen molar-refractivity contribution in [1.82, 2.24) is 4.98 Å². The molecule has 3 aromatic rings. The molecule has 1 N–H and O–H groups in total. The molecule has 1 aliphatic rings. The Bertz CT molecular complexity index is 1030. The van der Waals surface area contributed by atoms with Crippen molar-refractivity contribution in [3.8, 4) is 0 Å². The van der Waals surface area contributed by atoms with Crippen LogP contribution in [0.3, 0.4) is 0 Å². The number of anilines is 2. The zero-order valence-corrected chi connectivity index (χ0v) is 15.7. The van der Waals surface area contributed by atoms with Crippen LogP contribution in [0, 0.1) is 6.92 Å². The molecule has 0 spiro atoms. The van der Waals surface area contributed by atoms with Gasteiger partial charge in [-0.05, 0) is 67.3 Å². The van der Waals surface area contributed by atoms with Gasteiger partial charge in [-0.15, -0.1) is 0 Å². The summed E-state index contributed by atoms with van der Waals surface area (Å²) in [6, 6.07) is 16.8. The Labute approximate surface area is 164 Å². The molecule has 0 atom stereocenters. The average Bonchev–Trinajstić information content (AvgIpc) is 2.73. The van der Waals surface area contributed by atoms with Gasteiger partial charge in [0, 0.05) is 35.9 Å². The van der Waals surface area contributed by atoms with Crippen molar-refractivity contribution in [2.45, 2.75) is 19.8 Å². The van der Waals surface area contributed by atoms with Crippen molar-refractivity contribution in [2.24, 2.45) is 0 Å². The van der Waals surface area contributed by atoms with Crippen molar-refractivity contribution in [3.05, 3.63) is 89.2 Å². The molecule has 2 aromatic carbocycles. The topological polar surface area (TPSA) is 62.3 Å². The summed E-state index contributed by atoms with van der Waals surface area (Å²) < 4.78 is 0. The quantitative estimate of drug-likeness (QED) is 0.749.